The number of hydrogen-bond acceptors (Lipinski definition) is 3. The Bertz CT molecular complexity index is 1130. The molecule has 0 radical (unpaired) electrons. The molecule has 0 unspecified atom stereocenters. The highest BCUT2D eigenvalue weighted by molar-refractivity contribution is 9.10. The maximum absolute atomic E-state index is 14.0. The Morgan fingerprint density at radius 3 is 2.34 bits per heavy atom. The predicted octanol–water partition coefficient (Wildman–Crippen LogP) is 4.81. The first kappa shape index (κ1) is 21.0. The number of amides is 1. The number of nitrogens with one attached hydrogen (secondary N) is 1. The molecule has 0 saturated carbocycles. The number of rotatable bonds is 6. The summed E-state index contributed by atoms with van der Waals surface area (Å²) in [4.78, 5) is 12.4. The molecule has 0 fully saturated rings. The Labute approximate surface area is 177 Å². The van der Waals surface area contributed by atoms with Crippen molar-refractivity contribution in [1.82, 2.24) is 0 Å². The summed E-state index contributed by atoms with van der Waals surface area (Å²) in [6.07, 6.45) is 1.06. The molecule has 0 heterocycles. The van der Waals surface area contributed by atoms with E-state index in [1.54, 1.807) is 30.3 Å². The lowest BCUT2D eigenvalue weighted by molar-refractivity contribution is 0.102. The molecule has 0 aliphatic rings. The van der Waals surface area contributed by atoms with E-state index in [4.69, 9.17) is 0 Å². The van der Waals surface area contributed by atoms with Gasteiger partial charge >= 0.3 is 0 Å². The lowest BCUT2D eigenvalue weighted by atomic mass is 10.1. The van der Waals surface area contributed by atoms with Gasteiger partial charge in [-0.2, -0.15) is 0 Å². The first-order valence-corrected chi connectivity index (χ1v) is 11.3. The third-order valence-electron chi connectivity index (χ3n) is 4.17. The van der Waals surface area contributed by atoms with Crippen molar-refractivity contribution in [3.63, 3.8) is 0 Å². The molecule has 0 saturated heterocycles. The summed E-state index contributed by atoms with van der Waals surface area (Å²) in [5, 5.41) is 2.77. The van der Waals surface area contributed by atoms with E-state index in [0.29, 0.717) is 16.9 Å². The SMILES string of the molecule is CS(=O)(=O)N(Cc1ccccc1F)c1ccc(C(=O)Nc2cccc(Br)c2)cc1. The number of anilines is 2. The third-order valence-corrected chi connectivity index (χ3v) is 5.81. The van der Waals surface area contributed by atoms with E-state index in [9.17, 15) is 17.6 Å². The largest absolute Gasteiger partial charge is 0.322 e. The van der Waals surface area contributed by atoms with Crippen LogP contribution in [0.2, 0.25) is 0 Å². The van der Waals surface area contributed by atoms with Crippen LogP contribution in [-0.4, -0.2) is 20.6 Å². The van der Waals surface area contributed by atoms with Gasteiger partial charge in [0.15, 0.2) is 0 Å². The van der Waals surface area contributed by atoms with Crippen molar-refractivity contribution < 1.29 is 17.6 Å². The Morgan fingerprint density at radius 2 is 1.72 bits per heavy atom. The molecule has 29 heavy (non-hydrogen) atoms. The van der Waals surface area contributed by atoms with E-state index in [1.807, 2.05) is 6.07 Å². The first-order valence-electron chi connectivity index (χ1n) is 8.62. The third kappa shape index (κ3) is 5.42. The van der Waals surface area contributed by atoms with Crippen LogP contribution in [0.15, 0.2) is 77.3 Å². The van der Waals surface area contributed by atoms with Crippen LogP contribution < -0.4 is 9.62 Å². The Balaban J connectivity index is 1.82. The molecule has 0 aromatic heterocycles. The standard InChI is InChI=1S/C21H18BrFN2O3S/c1-29(27,28)25(14-16-5-2-3-8-20(16)23)19-11-9-15(10-12-19)21(26)24-18-7-4-6-17(22)13-18/h2-13H,14H2,1H3,(H,24,26). The Morgan fingerprint density at radius 1 is 1.03 bits per heavy atom. The lowest BCUT2D eigenvalue weighted by Gasteiger charge is -2.23. The van der Waals surface area contributed by atoms with E-state index < -0.39 is 15.8 Å². The summed E-state index contributed by atoms with van der Waals surface area (Å²) in [7, 11) is -3.66. The summed E-state index contributed by atoms with van der Waals surface area (Å²) >= 11 is 3.34. The smallest absolute Gasteiger partial charge is 0.255 e. The Kier molecular flexibility index (Phi) is 6.34. The summed E-state index contributed by atoms with van der Waals surface area (Å²) in [6, 6.07) is 19.3. The second kappa shape index (κ2) is 8.75. The topological polar surface area (TPSA) is 66.5 Å². The van der Waals surface area contributed by atoms with Crippen LogP contribution in [0.5, 0.6) is 0 Å². The molecule has 3 aromatic rings. The van der Waals surface area contributed by atoms with Crippen molar-refractivity contribution in [3.05, 3.63) is 94.2 Å². The molecule has 0 aliphatic carbocycles. The number of sulfonamides is 1. The number of hydrogen-bond donors (Lipinski definition) is 1. The van der Waals surface area contributed by atoms with Gasteiger partial charge in [0.2, 0.25) is 10.0 Å². The van der Waals surface area contributed by atoms with Crippen molar-refractivity contribution >= 4 is 43.2 Å². The van der Waals surface area contributed by atoms with Gasteiger partial charge in [-0.15, -0.1) is 0 Å². The van der Waals surface area contributed by atoms with Crippen LogP contribution in [0, 0.1) is 5.82 Å². The Hall–Kier alpha value is -2.71. The minimum absolute atomic E-state index is 0.144. The van der Waals surface area contributed by atoms with E-state index in [-0.39, 0.29) is 18.0 Å². The summed E-state index contributed by atoms with van der Waals surface area (Å²) in [6.45, 7) is -0.144. The monoisotopic (exact) mass is 476 g/mol. The molecule has 150 valence electrons. The second-order valence-corrected chi connectivity index (χ2v) is 9.19. The van der Waals surface area contributed by atoms with Crippen molar-refractivity contribution in [2.45, 2.75) is 6.54 Å². The average Bonchev–Trinajstić information content (AvgIpc) is 2.66. The maximum atomic E-state index is 14.0. The van der Waals surface area contributed by atoms with Crippen LogP contribution in [0.25, 0.3) is 0 Å². The molecule has 0 atom stereocenters. The van der Waals surface area contributed by atoms with Crippen molar-refractivity contribution in [2.75, 3.05) is 15.9 Å². The number of halogens is 2. The zero-order chi connectivity index (χ0) is 21.0. The van der Waals surface area contributed by atoms with Gasteiger partial charge in [-0.1, -0.05) is 40.2 Å². The van der Waals surface area contributed by atoms with Crippen LogP contribution >= 0.6 is 15.9 Å². The van der Waals surface area contributed by atoms with Gasteiger partial charge in [-0.05, 0) is 48.5 Å². The van der Waals surface area contributed by atoms with Crippen LogP contribution in [0.3, 0.4) is 0 Å². The maximum Gasteiger partial charge on any atom is 0.255 e. The number of nitrogens with zero attached hydrogens (tertiary/aromatic N) is 1. The molecule has 3 rings (SSSR count). The zero-order valence-electron chi connectivity index (χ0n) is 15.5. The molecular weight excluding hydrogens is 459 g/mol. The van der Waals surface area contributed by atoms with E-state index in [2.05, 4.69) is 21.2 Å². The van der Waals surface area contributed by atoms with Crippen molar-refractivity contribution in [1.29, 1.82) is 0 Å². The molecule has 3 aromatic carbocycles. The number of benzene rings is 3. The van der Waals surface area contributed by atoms with E-state index in [0.717, 1.165) is 15.0 Å². The quantitative estimate of drug-likeness (QED) is 0.555. The second-order valence-electron chi connectivity index (χ2n) is 6.37. The molecular formula is C21H18BrFN2O3S. The highest BCUT2D eigenvalue weighted by atomic mass is 79.9. The van der Waals surface area contributed by atoms with Crippen LogP contribution in [-0.2, 0) is 16.6 Å². The fourth-order valence-electron chi connectivity index (χ4n) is 2.73. The van der Waals surface area contributed by atoms with Gasteiger partial charge in [0, 0.05) is 21.3 Å². The molecule has 0 spiro atoms. The normalized spacial score (nSPS) is 11.1. The molecule has 5 nitrogen and oxygen atoms in total. The average molecular weight is 477 g/mol. The fraction of sp³-hybridized carbons (Fsp3) is 0.0952. The lowest BCUT2D eigenvalue weighted by Crippen LogP contribution is -2.29. The molecule has 0 bridgehead atoms. The van der Waals surface area contributed by atoms with Gasteiger partial charge in [-0.25, -0.2) is 12.8 Å². The van der Waals surface area contributed by atoms with Gasteiger partial charge in [-0.3, -0.25) is 9.10 Å². The van der Waals surface area contributed by atoms with Gasteiger partial charge in [0.05, 0.1) is 18.5 Å². The fourth-order valence-corrected chi connectivity index (χ4v) is 4.01. The summed E-state index contributed by atoms with van der Waals surface area (Å²) in [5.74, 6) is -0.805. The predicted molar refractivity (Wildman–Crippen MR) is 116 cm³/mol. The van der Waals surface area contributed by atoms with Crippen molar-refractivity contribution in [2.24, 2.45) is 0 Å². The summed E-state index contributed by atoms with van der Waals surface area (Å²) in [5.41, 5.74) is 1.60. The highest BCUT2D eigenvalue weighted by Crippen LogP contribution is 2.23. The van der Waals surface area contributed by atoms with Gasteiger partial charge in [0.1, 0.15) is 5.82 Å². The zero-order valence-corrected chi connectivity index (χ0v) is 17.9. The molecule has 1 N–H and O–H groups in total. The van der Waals surface area contributed by atoms with Gasteiger partial charge < -0.3 is 5.32 Å². The van der Waals surface area contributed by atoms with Gasteiger partial charge in [0.25, 0.3) is 5.91 Å². The van der Waals surface area contributed by atoms with Crippen LogP contribution in [0.1, 0.15) is 15.9 Å². The minimum Gasteiger partial charge on any atom is -0.322 e. The van der Waals surface area contributed by atoms with Crippen LogP contribution in [0.4, 0.5) is 15.8 Å². The van der Waals surface area contributed by atoms with E-state index >= 15 is 0 Å². The molecule has 8 heteroatoms. The molecule has 1 amide bonds. The number of carbonyl (C=O) groups excluding carboxylic acids is 1. The van der Waals surface area contributed by atoms with E-state index in [1.165, 1.54) is 36.4 Å². The number of carbonyl (C=O) groups is 1. The first-order chi connectivity index (χ1) is 13.7. The molecule has 0 aliphatic heterocycles. The van der Waals surface area contributed by atoms with Crippen molar-refractivity contribution in [3.8, 4) is 0 Å². The minimum atomic E-state index is -3.66. The summed E-state index contributed by atoms with van der Waals surface area (Å²) < 4.78 is 40.4. The highest BCUT2D eigenvalue weighted by Gasteiger charge is 2.20.